The van der Waals surface area contributed by atoms with Crippen molar-refractivity contribution in [2.45, 2.75) is 20.8 Å². The molecule has 0 aliphatic rings. The number of ether oxygens (including phenoxy) is 1. The lowest BCUT2D eigenvalue weighted by molar-refractivity contribution is 0.102. The molecule has 0 spiro atoms. The highest BCUT2D eigenvalue weighted by molar-refractivity contribution is 6.06. The standard InChI is InChI=1S/C30H28N4O2/c1-20(2)19-36-30-32-28(23-10-8-21(3)9-11-23)34(33-30)27-16-14-26(15-17-27)31-29(35)25-13-12-22-6-4-5-7-24(22)18-25/h4-18,20H,19H2,1-3H3,(H,31,35). The number of hydrogen-bond donors (Lipinski definition) is 1. The van der Waals surface area contributed by atoms with E-state index in [2.05, 4.69) is 48.3 Å². The zero-order valence-corrected chi connectivity index (χ0v) is 20.6. The van der Waals surface area contributed by atoms with Crippen LogP contribution in [0.15, 0.2) is 91.0 Å². The lowest BCUT2D eigenvalue weighted by Crippen LogP contribution is -2.12. The average Bonchev–Trinajstić information content (AvgIpc) is 3.32. The maximum Gasteiger partial charge on any atom is 0.336 e. The van der Waals surface area contributed by atoms with Crippen molar-refractivity contribution in [2.24, 2.45) is 5.92 Å². The summed E-state index contributed by atoms with van der Waals surface area (Å²) < 4.78 is 7.58. The van der Waals surface area contributed by atoms with Crippen molar-refractivity contribution in [1.29, 1.82) is 0 Å². The van der Waals surface area contributed by atoms with Crippen LogP contribution in [0.25, 0.3) is 27.8 Å². The summed E-state index contributed by atoms with van der Waals surface area (Å²) in [6.07, 6.45) is 0. The van der Waals surface area contributed by atoms with Gasteiger partial charge in [-0.2, -0.15) is 4.98 Å². The number of fused-ring (bicyclic) bond motifs is 1. The maximum atomic E-state index is 12.9. The fraction of sp³-hybridized carbons (Fsp3) is 0.167. The molecule has 0 radical (unpaired) electrons. The summed E-state index contributed by atoms with van der Waals surface area (Å²) in [7, 11) is 0. The highest BCUT2D eigenvalue weighted by Crippen LogP contribution is 2.25. The summed E-state index contributed by atoms with van der Waals surface area (Å²) in [5.74, 6) is 0.908. The third-order valence-corrected chi connectivity index (χ3v) is 5.82. The number of carbonyl (C=O) groups excluding carboxylic acids is 1. The third-order valence-electron chi connectivity index (χ3n) is 5.82. The summed E-state index contributed by atoms with van der Waals surface area (Å²) in [6.45, 7) is 6.76. The molecule has 1 N–H and O–H groups in total. The Kier molecular flexibility index (Phi) is 6.50. The number of hydrogen-bond acceptors (Lipinski definition) is 4. The molecule has 0 atom stereocenters. The Bertz CT molecular complexity index is 1500. The van der Waals surface area contributed by atoms with E-state index in [4.69, 9.17) is 4.74 Å². The van der Waals surface area contributed by atoms with Crippen molar-refractivity contribution >= 4 is 22.4 Å². The highest BCUT2D eigenvalue weighted by atomic mass is 16.5. The van der Waals surface area contributed by atoms with Gasteiger partial charge in [0, 0.05) is 16.8 Å². The van der Waals surface area contributed by atoms with Crippen molar-refractivity contribution in [3.63, 3.8) is 0 Å². The Morgan fingerprint density at radius 2 is 1.64 bits per heavy atom. The zero-order chi connectivity index (χ0) is 25.1. The fourth-order valence-corrected chi connectivity index (χ4v) is 3.88. The van der Waals surface area contributed by atoms with Crippen LogP contribution in [0.2, 0.25) is 0 Å². The fourth-order valence-electron chi connectivity index (χ4n) is 3.88. The zero-order valence-electron chi connectivity index (χ0n) is 20.6. The van der Waals surface area contributed by atoms with Crippen LogP contribution in [0.5, 0.6) is 6.01 Å². The predicted octanol–water partition coefficient (Wildman–Crippen LogP) is 6.68. The number of benzene rings is 4. The third kappa shape index (κ3) is 5.13. The average molecular weight is 477 g/mol. The first kappa shape index (κ1) is 23.3. The van der Waals surface area contributed by atoms with Gasteiger partial charge in [-0.15, -0.1) is 5.10 Å². The van der Waals surface area contributed by atoms with E-state index < -0.39 is 0 Å². The molecule has 180 valence electrons. The normalized spacial score (nSPS) is 11.1. The first-order valence-corrected chi connectivity index (χ1v) is 12.0. The lowest BCUT2D eigenvalue weighted by Gasteiger charge is -2.09. The molecule has 1 heterocycles. The molecule has 0 aliphatic heterocycles. The molecule has 0 saturated carbocycles. The van der Waals surface area contributed by atoms with Crippen molar-refractivity contribution in [3.8, 4) is 23.1 Å². The number of nitrogens with zero attached hydrogens (tertiary/aromatic N) is 3. The summed E-state index contributed by atoms with van der Waals surface area (Å²) >= 11 is 0. The number of aromatic nitrogens is 3. The molecule has 0 aliphatic carbocycles. The van der Waals surface area contributed by atoms with Crippen molar-refractivity contribution in [1.82, 2.24) is 14.8 Å². The molecule has 36 heavy (non-hydrogen) atoms. The molecule has 5 aromatic rings. The lowest BCUT2D eigenvalue weighted by atomic mass is 10.1. The van der Waals surface area contributed by atoms with Crippen LogP contribution < -0.4 is 10.1 Å². The molecular weight excluding hydrogens is 448 g/mol. The van der Waals surface area contributed by atoms with Gasteiger partial charge in [0.2, 0.25) is 0 Å². The Balaban J connectivity index is 1.39. The number of rotatable bonds is 7. The van der Waals surface area contributed by atoms with Gasteiger partial charge in [0.05, 0.1) is 12.3 Å². The van der Waals surface area contributed by atoms with Gasteiger partial charge < -0.3 is 10.1 Å². The highest BCUT2D eigenvalue weighted by Gasteiger charge is 2.16. The van der Waals surface area contributed by atoms with Gasteiger partial charge in [-0.05, 0) is 60.0 Å². The first-order chi connectivity index (χ1) is 17.5. The molecule has 4 aromatic carbocycles. The van der Waals surface area contributed by atoms with Crippen molar-refractivity contribution in [3.05, 3.63) is 102 Å². The summed E-state index contributed by atoms with van der Waals surface area (Å²) in [5, 5.41) is 9.73. The van der Waals surface area contributed by atoms with Gasteiger partial charge in [0.1, 0.15) is 0 Å². The number of anilines is 1. The van der Waals surface area contributed by atoms with E-state index in [-0.39, 0.29) is 5.91 Å². The Morgan fingerprint density at radius 1 is 0.917 bits per heavy atom. The minimum atomic E-state index is -0.154. The molecule has 0 bridgehead atoms. The second-order valence-corrected chi connectivity index (χ2v) is 9.26. The smallest absolute Gasteiger partial charge is 0.336 e. The summed E-state index contributed by atoms with van der Waals surface area (Å²) in [6, 6.07) is 29.7. The summed E-state index contributed by atoms with van der Waals surface area (Å²) in [5.41, 5.74) is 4.25. The van der Waals surface area contributed by atoms with E-state index >= 15 is 0 Å². The van der Waals surface area contributed by atoms with Gasteiger partial charge in [-0.3, -0.25) is 4.79 Å². The number of nitrogens with one attached hydrogen (secondary N) is 1. The van der Waals surface area contributed by atoms with E-state index in [0.29, 0.717) is 35.6 Å². The monoisotopic (exact) mass is 476 g/mol. The van der Waals surface area contributed by atoms with Gasteiger partial charge in [-0.1, -0.05) is 74.0 Å². The molecule has 0 saturated heterocycles. The van der Waals surface area contributed by atoms with E-state index in [1.807, 2.05) is 78.9 Å². The van der Waals surface area contributed by atoms with Crippen LogP contribution in [-0.4, -0.2) is 27.3 Å². The van der Waals surface area contributed by atoms with Gasteiger partial charge in [0.15, 0.2) is 5.82 Å². The molecule has 1 aromatic heterocycles. The number of carbonyl (C=O) groups is 1. The van der Waals surface area contributed by atoms with Crippen molar-refractivity contribution in [2.75, 3.05) is 11.9 Å². The van der Waals surface area contributed by atoms with Crippen LogP contribution >= 0.6 is 0 Å². The van der Waals surface area contributed by atoms with Crippen LogP contribution in [-0.2, 0) is 0 Å². The Labute approximate surface area is 210 Å². The van der Waals surface area contributed by atoms with E-state index in [0.717, 1.165) is 22.0 Å². The first-order valence-electron chi connectivity index (χ1n) is 12.0. The Morgan fingerprint density at radius 3 is 2.36 bits per heavy atom. The van der Waals surface area contributed by atoms with E-state index in [9.17, 15) is 4.79 Å². The largest absolute Gasteiger partial charge is 0.462 e. The van der Waals surface area contributed by atoms with E-state index in [1.165, 1.54) is 5.56 Å². The number of aryl methyl sites for hydroxylation is 1. The number of amides is 1. The van der Waals surface area contributed by atoms with Crippen LogP contribution in [0.4, 0.5) is 5.69 Å². The van der Waals surface area contributed by atoms with Gasteiger partial charge >= 0.3 is 6.01 Å². The van der Waals surface area contributed by atoms with Crippen LogP contribution in [0, 0.1) is 12.8 Å². The van der Waals surface area contributed by atoms with Crippen LogP contribution in [0.3, 0.4) is 0 Å². The molecule has 0 unspecified atom stereocenters. The summed E-state index contributed by atoms with van der Waals surface area (Å²) in [4.78, 5) is 17.5. The Hall–Kier alpha value is -4.45. The maximum absolute atomic E-state index is 12.9. The second-order valence-electron chi connectivity index (χ2n) is 9.26. The quantitative estimate of drug-likeness (QED) is 0.284. The minimum Gasteiger partial charge on any atom is -0.462 e. The molecule has 5 rings (SSSR count). The predicted molar refractivity (Wildman–Crippen MR) is 144 cm³/mol. The minimum absolute atomic E-state index is 0.154. The SMILES string of the molecule is Cc1ccc(-c2nc(OCC(C)C)nn2-c2ccc(NC(=O)c3ccc4ccccc4c3)cc2)cc1. The van der Waals surface area contributed by atoms with E-state index in [1.54, 1.807) is 4.68 Å². The molecule has 6 heteroatoms. The topological polar surface area (TPSA) is 69.0 Å². The molecular formula is C30H28N4O2. The molecule has 6 nitrogen and oxygen atoms in total. The molecule has 0 fully saturated rings. The van der Waals surface area contributed by atoms with Gasteiger partial charge in [-0.25, -0.2) is 4.68 Å². The van der Waals surface area contributed by atoms with Crippen molar-refractivity contribution < 1.29 is 9.53 Å². The second kappa shape index (κ2) is 10.0. The molecule has 1 amide bonds. The van der Waals surface area contributed by atoms with Gasteiger partial charge in [0.25, 0.3) is 5.91 Å². The van der Waals surface area contributed by atoms with Crippen LogP contribution in [0.1, 0.15) is 29.8 Å².